The molecule has 0 aromatic carbocycles. The lowest BCUT2D eigenvalue weighted by atomic mass is 10.0. The summed E-state index contributed by atoms with van der Waals surface area (Å²) in [6.45, 7) is 1.40. The van der Waals surface area contributed by atoms with E-state index in [1.807, 2.05) is 26.3 Å². The maximum atomic E-state index is 12.4. The summed E-state index contributed by atoms with van der Waals surface area (Å²) >= 11 is 1.54. The van der Waals surface area contributed by atoms with Gasteiger partial charge in [-0.2, -0.15) is 16.4 Å². The van der Waals surface area contributed by atoms with Crippen molar-refractivity contribution in [2.45, 2.75) is 37.6 Å². The third kappa shape index (κ3) is 2.63. The van der Waals surface area contributed by atoms with Gasteiger partial charge in [0.1, 0.15) is 5.82 Å². The normalized spacial score (nSPS) is 19.3. The number of aromatic nitrogens is 3. The van der Waals surface area contributed by atoms with E-state index in [-0.39, 0.29) is 17.6 Å². The van der Waals surface area contributed by atoms with Gasteiger partial charge >= 0.3 is 5.69 Å². The van der Waals surface area contributed by atoms with Crippen LogP contribution < -0.4 is 5.69 Å². The monoisotopic (exact) mass is 332 g/mol. The SMILES string of the molecule is Cn1nc(C2CC2)n(C2CCN(C(=O)c3ccsc3)CC2)c1=O. The van der Waals surface area contributed by atoms with Gasteiger partial charge in [0.15, 0.2) is 0 Å². The molecule has 1 saturated heterocycles. The number of piperidine rings is 1. The summed E-state index contributed by atoms with van der Waals surface area (Å²) < 4.78 is 3.35. The Morgan fingerprint density at radius 2 is 2.00 bits per heavy atom. The average Bonchev–Trinajstić information content (AvgIpc) is 3.18. The number of thiophene rings is 1. The van der Waals surface area contributed by atoms with Crippen LogP contribution in [0.2, 0.25) is 0 Å². The number of rotatable bonds is 3. The van der Waals surface area contributed by atoms with Gasteiger partial charge in [-0.25, -0.2) is 9.48 Å². The number of carbonyl (C=O) groups excluding carboxylic acids is 1. The zero-order valence-corrected chi connectivity index (χ0v) is 14.0. The Bertz CT molecular complexity index is 765. The fourth-order valence-corrected chi connectivity index (χ4v) is 3.99. The van der Waals surface area contributed by atoms with E-state index in [2.05, 4.69) is 5.10 Å². The fourth-order valence-electron chi connectivity index (χ4n) is 3.36. The molecule has 0 atom stereocenters. The molecular formula is C16H20N4O2S. The van der Waals surface area contributed by atoms with Gasteiger partial charge in [0.25, 0.3) is 5.91 Å². The summed E-state index contributed by atoms with van der Waals surface area (Å²) in [4.78, 5) is 26.7. The molecule has 1 aliphatic carbocycles. The molecule has 0 radical (unpaired) electrons. The molecule has 122 valence electrons. The molecule has 1 saturated carbocycles. The first-order valence-electron chi connectivity index (χ1n) is 8.12. The van der Waals surface area contributed by atoms with Crippen molar-refractivity contribution < 1.29 is 4.79 Å². The van der Waals surface area contributed by atoms with Crippen molar-refractivity contribution in [3.8, 4) is 0 Å². The van der Waals surface area contributed by atoms with Gasteiger partial charge in [0.2, 0.25) is 0 Å². The highest BCUT2D eigenvalue weighted by Gasteiger charge is 2.34. The highest BCUT2D eigenvalue weighted by Crippen LogP contribution is 2.40. The molecule has 23 heavy (non-hydrogen) atoms. The second-order valence-corrected chi connectivity index (χ2v) is 7.22. The van der Waals surface area contributed by atoms with Gasteiger partial charge < -0.3 is 4.90 Å². The van der Waals surface area contributed by atoms with Gasteiger partial charge in [-0.05, 0) is 37.1 Å². The predicted octanol–water partition coefficient (Wildman–Crippen LogP) is 2.00. The molecule has 1 amide bonds. The molecule has 3 heterocycles. The fraction of sp³-hybridized carbons (Fsp3) is 0.562. The Kier molecular flexibility index (Phi) is 3.60. The number of amides is 1. The highest BCUT2D eigenvalue weighted by atomic mass is 32.1. The summed E-state index contributed by atoms with van der Waals surface area (Å²) in [6.07, 6.45) is 3.90. The van der Waals surface area contributed by atoms with Crippen molar-refractivity contribution in [1.82, 2.24) is 19.2 Å². The summed E-state index contributed by atoms with van der Waals surface area (Å²) in [5.74, 6) is 1.50. The Balaban J connectivity index is 1.50. The standard InChI is InChI=1S/C16H20N4O2S/c1-18-16(22)20(14(17-18)11-2-3-11)13-4-7-19(8-5-13)15(21)12-6-9-23-10-12/h6,9-11,13H,2-5,7-8H2,1H3. The van der Waals surface area contributed by atoms with E-state index in [0.717, 1.165) is 37.1 Å². The molecule has 1 aliphatic heterocycles. The molecule has 7 heteroatoms. The molecule has 0 bridgehead atoms. The van der Waals surface area contributed by atoms with Crippen molar-refractivity contribution in [2.75, 3.05) is 13.1 Å². The van der Waals surface area contributed by atoms with E-state index in [9.17, 15) is 9.59 Å². The topological polar surface area (TPSA) is 60.1 Å². The van der Waals surface area contributed by atoms with E-state index in [1.54, 1.807) is 18.4 Å². The molecule has 0 unspecified atom stereocenters. The van der Waals surface area contributed by atoms with Crippen molar-refractivity contribution >= 4 is 17.2 Å². The smallest absolute Gasteiger partial charge is 0.338 e. The van der Waals surface area contributed by atoms with Crippen LogP contribution in [0.5, 0.6) is 0 Å². The molecule has 0 spiro atoms. The molecule has 2 fully saturated rings. The van der Waals surface area contributed by atoms with E-state index < -0.39 is 0 Å². The Labute approximate surface area is 138 Å². The average molecular weight is 332 g/mol. The number of likely N-dealkylation sites (tertiary alicyclic amines) is 1. The molecule has 0 N–H and O–H groups in total. The van der Waals surface area contributed by atoms with Crippen LogP contribution in [0.25, 0.3) is 0 Å². The Morgan fingerprint density at radius 3 is 2.61 bits per heavy atom. The first kappa shape index (κ1) is 14.7. The quantitative estimate of drug-likeness (QED) is 0.864. The zero-order chi connectivity index (χ0) is 16.0. The lowest BCUT2D eigenvalue weighted by Crippen LogP contribution is -2.41. The number of carbonyl (C=O) groups is 1. The lowest BCUT2D eigenvalue weighted by Gasteiger charge is -2.32. The molecular weight excluding hydrogens is 312 g/mol. The van der Waals surface area contributed by atoms with Crippen LogP contribution in [-0.4, -0.2) is 38.2 Å². The van der Waals surface area contributed by atoms with Crippen LogP contribution in [0.3, 0.4) is 0 Å². The van der Waals surface area contributed by atoms with Crippen LogP contribution in [0.15, 0.2) is 21.6 Å². The summed E-state index contributed by atoms with van der Waals surface area (Å²) in [7, 11) is 1.72. The van der Waals surface area contributed by atoms with Gasteiger partial charge in [-0.15, -0.1) is 0 Å². The lowest BCUT2D eigenvalue weighted by molar-refractivity contribution is 0.0693. The summed E-state index contributed by atoms with van der Waals surface area (Å²) in [5, 5.41) is 8.25. The van der Waals surface area contributed by atoms with E-state index >= 15 is 0 Å². The number of nitrogens with zero attached hydrogens (tertiary/aromatic N) is 4. The maximum absolute atomic E-state index is 12.4. The minimum absolute atomic E-state index is 0.0190. The van der Waals surface area contributed by atoms with Crippen molar-refractivity contribution in [3.63, 3.8) is 0 Å². The number of aryl methyl sites for hydroxylation is 1. The van der Waals surface area contributed by atoms with Crippen LogP contribution in [0, 0.1) is 0 Å². The van der Waals surface area contributed by atoms with Crippen LogP contribution >= 0.6 is 11.3 Å². The maximum Gasteiger partial charge on any atom is 0.345 e. The highest BCUT2D eigenvalue weighted by molar-refractivity contribution is 7.08. The number of hydrogen-bond donors (Lipinski definition) is 0. The molecule has 4 rings (SSSR count). The first-order chi connectivity index (χ1) is 11.1. The molecule has 2 aromatic rings. The Hall–Kier alpha value is -1.89. The van der Waals surface area contributed by atoms with Gasteiger partial charge in [0.05, 0.1) is 5.56 Å². The zero-order valence-electron chi connectivity index (χ0n) is 13.1. The van der Waals surface area contributed by atoms with E-state index in [4.69, 9.17) is 0 Å². The van der Waals surface area contributed by atoms with Crippen molar-refractivity contribution in [2.24, 2.45) is 7.05 Å². The molecule has 2 aromatic heterocycles. The van der Waals surface area contributed by atoms with Crippen LogP contribution in [0.1, 0.15) is 53.8 Å². The van der Waals surface area contributed by atoms with Gasteiger partial charge in [0, 0.05) is 37.5 Å². The van der Waals surface area contributed by atoms with Crippen molar-refractivity contribution in [3.05, 3.63) is 38.7 Å². The molecule has 2 aliphatic rings. The second-order valence-electron chi connectivity index (χ2n) is 6.44. The van der Waals surface area contributed by atoms with E-state index in [0.29, 0.717) is 19.0 Å². The molecule has 6 nitrogen and oxygen atoms in total. The van der Waals surface area contributed by atoms with Gasteiger partial charge in [-0.1, -0.05) is 0 Å². The minimum atomic E-state index is -0.0190. The van der Waals surface area contributed by atoms with Crippen molar-refractivity contribution in [1.29, 1.82) is 0 Å². The van der Waals surface area contributed by atoms with E-state index in [1.165, 1.54) is 4.68 Å². The third-order valence-corrected chi connectivity index (χ3v) is 5.49. The minimum Gasteiger partial charge on any atom is -0.338 e. The third-order valence-electron chi connectivity index (χ3n) is 4.81. The van der Waals surface area contributed by atoms with Crippen LogP contribution in [0.4, 0.5) is 0 Å². The van der Waals surface area contributed by atoms with Crippen LogP contribution in [-0.2, 0) is 7.05 Å². The largest absolute Gasteiger partial charge is 0.345 e. The predicted molar refractivity (Wildman–Crippen MR) is 87.9 cm³/mol. The summed E-state index contributed by atoms with van der Waals surface area (Å²) in [5.41, 5.74) is 0.750. The second kappa shape index (κ2) is 5.63. The van der Waals surface area contributed by atoms with Gasteiger partial charge in [-0.3, -0.25) is 9.36 Å². The first-order valence-corrected chi connectivity index (χ1v) is 9.06. The Morgan fingerprint density at radius 1 is 1.26 bits per heavy atom. The number of hydrogen-bond acceptors (Lipinski definition) is 4. The summed E-state index contributed by atoms with van der Waals surface area (Å²) in [6, 6.07) is 2.04.